The minimum absolute atomic E-state index is 0.0113. The molecule has 1 fully saturated rings. The molecule has 3 aromatic rings. The first-order valence-electron chi connectivity index (χ1n) is 11.5. The van der Waals surface area contributed by atoms with E-state index in [-0.39, 0.29) is 17.0 Å². The van der Waals surface area contributed by atoms with E-state index in [1.807, 2.05) is 30.3 Å². The largest absolute Gasteiger partial charge is 0.203 e. The second-order valence-corrected chi connectivity index (χ2v) is 8.85. The Morgan fingerprint density at radius 3 is 1.84 bits per heavy atom. The Morgan fingerprint density at radius 2 is 1.22 bits per heavy atom. The van der Waals surface area contributed by atoms with Crippen molar-refractivity contribution < 1.29 is 17.6 Å². The Morgan fingerprint density at radius 1 is 0.656 bits per heavy atom. The van der Waals surface area contributed by atoms with Crippen LogP contribution >= 0.6 is 0 Å². The molecule has 1 aliphatic rings. The number of rotatable bonds is 6. The molecule has 0 bridgehead atoms. The number of hydrogen-bond acceptors (Lipinski definition) is 0. The Hall–Kier alpha value is -2.62. The van der Waals surface area contributed by atoms with Gasteiger partial charge in [0, 0.05) is 11.1 Å². The molecule has 32 heavy (non-hydrogen) atoms. The first kappa shape index (κ1) is 22.6. The second kappa shape index (κ2) is 9.89. The maximum absolute atomic E-state index is 15.0. The van der Waals surface area contributed by atoms with Crippen LogP contribution in [0.3, 0.4) is 0 Å². The zero-order chi connectivity index (χ0) is 22.7. The maximum atomic E-state index is 15.0. The van der Waals surface area contributed by atoms with Crippen molar-refractivity contribution >= 4 is 0 Å². The fraction of sp³-hybridized carbons (Fsp3) is 0.357. The van der Waals surface area contributed by atoms with Crippen LogP contribution in [-0.4, -0.2) is 0 Å². The van der Waals surface area contributed by atoms with Gasteiger partial charge in [-0.15, -0.1) is 0 Å². The van der Waals surface area contributed by atoms with Crippen molar-refractivity contribution in [3.05, 3.63) is 83.4 Å². The summed E-state index contributed by atoms with van der Waals surface area (Å²) in [5.74, 6) is -5.76. The van der Waals surface area contributed by atoms with Crippen LogP contribution in [0.25, 0.3) is 22.3 Å². The van der Waals surface area contributed by atoms with Crippen LogP contribution in [0.1, 0.15) is 63.4 Å². The van der Waals surface area contributed by atoms with Gasteiger partial charge in [-0.05, 0) is 54.2 Å². The van der Waals surface area contributed by atoms with Crippen LogP contribution in [-0.2, 0) is 0 Å². The SMILES string of the molecule is CCCCC1CCC(c2c(F)c(F)c(F)c(F)c2-c2ccc(-c3ccccc3)cc2)CC1. The van der Waals surface area contributed by atoms with E-state index in [2.05, 4.69) is 6.92 Å². The smallest absolute Gasteiger partial charge is 0.198 e. The van der Waals surface area contributed by atoms with Crippen LogP contribution in [0.4, 0.5) is 17.6 Å². The van der Waals surface area contributed by atoms with Gasteiger partial charge in [-0.1, -0.05) is 80.8 Å². The molecule has 0 unspecified atom stereocenters. The van der Waals surface area contributed by atoms with E-state index in [0.717, 1.165) is 43.2 Å². The minimum atomic E-state index is -1.75. The van der Waals surface area contributed by atoms with Crippen LogP contribution in [0, 0.1) is 29.2 Å². The second-order valence-electron chi connectivity index (χ2n) is 8.85. The molecule has 0 aromatic heterocycles. The highest BCUT2D eigenvalue weighted by atomic mass is 19.2. The van der Waals surface area contributed by atoms with Gasteiger partial charge in [-0.3, -0.25) is 0 Å². The predicted molar refractivity (Wildman–Crippen MR) is 121 cm³/mol. The maximum Gasteiger partial charge on any atom is 0.198 e. The molecule has 4 rings (SSSR count). The summed E-state index contributed by atoms with van der Waals surface area (Å²) < 4.78 is 58.5. The van der Waals surface area contributed by atoms with Crippen molar-refractivity contribution in [2.24, 2.45) is 5.92 Å². The Balaban J connectivity index is 1.71. The zero-order valence-corrected chi connectivity index (χ0v) is 18.3. The summed E-state index contributed by atoms with van der Waals surface area (Å²) in [4.78, 5) is 0. The highest BCUT2D eigenvalue weighted by molar-refractivity contribution is 5.73. The summed E-state index contributed by atoms with van der Waals surface area (Å²) in [6.07, 6.45) is 6.53. The van der Waals surface area contributed by atoms with Crippen molar-refractivity contribution in [1.82, 2.24) is 0 Å². The number of unbranched alkanes of at least 4 members (excludes halogenated alkanes) is 1. The van der Waals surface area contributed by atoms with Crippen LogP contribution in [0.15, 0.2) is 54.6 Å². The van der Waals surface area contributed by atoms with Crippen LogP contribution < -0.4 is 0 Å². The molecule has 0 amide bonds. The quantitative estimate of drug-likeness (QED) is 0.204. The van der Waals surface area contributed by atoms with Gasteiger partial charge in [0.2, 0.25) is 0 Å². The van der Waals surface area contributed by atoms with Gasteiger partial charge in [0.25, 0.3) is 0 Å². The lowest BCUT2D eigenvalue weighted by atomic mass is 9.75. The van der Waals surface area contributed by atoms with E-state index >= 15 is 8.78 Å². The topological polar surface area (TPSA) is 0 Å². The van der Waals surface area contributed by atoms with Crippen molar-refractivity contribution in [3.8, 4) is 22.3 Å². The average molecular weight is 441 g/mol. The van der Waals surface area contributed by atoms with Gasteiger partial charge in [0.05, 0.1) is 0 Å². The van der Waals surface area contributed by atoms with E-state index in [9.17, 15) is 8.78 Å². The lowest BCUT2D eigenvalue weighted by Gasteiger charge is -2.30. The first-order chi connectivity index (χ1) is 15.5. The molecule has 0 spiro atoms. The molecule has 0 radical (unpaired) electrons. The van der Waals surface area contributed by atoms with Crippen molar-refractivity contribution in [3.63, 3.8) is 0 Å². The molecule has 0 heterocycles. The molecule has 168 valence electrons. The summed E-state index contributed by atoms with van der Waals surface area (Å²) >= 11 is 0. The monoisotopic (exact) mass is 440 g/mol. The molecule has 0 nitrogen and oxygen atoms in total. The Kier molecular flexibility index (Phi) is 6.98. The van der Waals surface area contributed by atoms with Crippen molar-refractivity contribution in [1.29, 1.82) is 0 Å². The highest BCUT2D eigenvalue weighted by Crippen LogP contribution is 2.44. The fourth-order valence-corrected chi connectivity index (χ4v) is 5.01. The van der Waals surface area contributed by atoms with Gasteiger partial charge in [-0.25, -0.2) is 17.6 Å². The predicted octanol–water partition coefficient (Wildman–Crippen LogP) is 9.04. The third kappa shape index (κ3) is 4.46. The Bertz CT molecular complexity index is 1050. The summed E-state index contributed by atoms with van der Waals surface area (Å²) in [6, 6.07) is 16.6. The fourth-order valence-electron chi connectivity index (χ4n) is 5.01. The van der Waals surface area contributed by atoms with E-state index in [4.69, 9.17) is 0 Å². The summed E-state index contributed by atoms with van der Waals surface area (Å²) in [7, 11) is 0. The minimum Gasteiger partial charge on any atom is -0.203 e. The molecule has 1 aliphatic carbocycles. The molecule has 4 heteroatoms. The molecule has 0 saturated heterocycles. The summed E-state index contributed by atoms with van der Waals surface area (Å²) in [5, 5.41) is 0. The van der Waals surface area contributed by atoms with E-state index in [1.165, 1.54) is 0 Å². The third-order valence-electron chi connectivity index (χ3n) is 6.81. The number of hydrogen-bond donors (Lipinski definition) is 0. The lowest BCUT2D eigenvalue weighted by Crippen LogP contribution is -2.17. The third-order valence-corrected chi connectivity index (χ3v) is 6.81. The van der Waals surface area contributed by atoms with Crippen LogP contribution in [0.5, 0.6) is 0 Å². The molecule has 0 aliphatic heterocycles. The van der Waals surface area contributed by atoms with Crippen molar-refractivity contribution in [2.45, 2.75) is 57.8 Å². The zero-order valence-electron chi connectivity index (χ0n) is 18.3. The van der Waals surface area contributed by atoms with Gasteiger partial charge in [0.1, 0.15) is 0 Å². The molecule has 0 N–H and O–H groups in total. The lowest BCUT2D eigenvalue weighted by molar-refractivity contribution is 0.297. The molecular formula is C28H28F4. The van der Waals surface area contributed by atoms with Crippen molar-refractivity contribution in [2.75, 3.05) is 0 Å². The van der Waals surface area contributed by atoms with Gasteiger partial charge >= 0.3 is 0 Å². The van der Waals surface area contributed by atoms with E-state index in [0.29, 0.717) is 24.3 Å². The summed E-state index contributed by atoms with van der Waals surface area (Å²) in [6.45, 7) is 2.15. The molecule has 3 aromatic carbocycles. The summed E-state index contributed by atoms with van der Waals surface area (Å²) in [5.41, 5.74) is 2.11. The number of benzene rings is 3. The van der Waals surface area contributed by atoms with E-state index in [1.54, 1.807) is 24.3 Å². The molecule has 1 saturated carbocycles. The average Bonchev–Trinajstić information content (AvgIpc) is 2.84. The van der Waals surface area contributed by atoms with Crippen LogP contribution in [0.2, 0.25) is 0 Å². The standard InChI is InChI=1S/C28H28F4/c1-2-3-7-18-10-12-21(13-11-18)23-24(26(30)28(32)27(31)25(23)29)22-16-14-20(15-17-22)19-8-5-4-6-9-19/h4-6,8-9,14-18,21H,2-3,7,10-13H2,1H3. The van der Waals surface area contributed by atoms with Gasteiger partial charge in [-0.2, -0.15) is 0 Å². The normalized spacial score (nSPS) is 18.7. The molecular weight excluding hydrogens is 412 g/mol. The Labute approximate surface area is 187 Å². The molecule has 0 atom stereocenters. The van der Waals surface area contributed by atoms with Gasteiger partial charge in [0.15, 0.2) is 23.3 Å². The van der Waals surface area contributed by atoms with E-state index < -0.39 is 23.3 Å². The van der Waals surface area contributed by atoms with Gasteiger partial charge < -0.3 is 0 Å². The highest BCUT2D eigenvalue weighted by Gasteiger charge is 2.32. The first-order valence-corrected chi connectivity index (χ1v) is 11.5. The number of halogens is 4.